The van der Waals surface area contributed by atoms with Crippen molar-refractivity contribution in [3.63, 3.8) is 0 Å². The summed E-state index contributed by atoms with van der Waals surface area (Å²) in [7, 11) is 0. The van der Waals surface area contributed by atoms with Crippen molar-refractivity contribution in [2.75, 3.05) is 0 Å². The highest BCUT2D eigenvalue weighted by molar-refractivity contribution is 9.11. The molecule has 0 radical (unpaired) electrons. The van der Waals surface area contributed by atoms with Gasteiger partial charge in [0, 0.05) is 22.5 Å². The van der Waals surface area contributed by atoms with E-state index < -0.39 is 0 Å². The average Bonchev–Trinajstić information content (AvgIpc) is 2.49. The van der Waals surface area contributed by atoms with E-state index in [9.17, 15) is 9.59 Å². The van der Waals surface area contributed by atoms with Gasteiger partial charge in [0.1, 0.15) is 0 Å². The molecule has 22 heavy (non-hydrogen) atoms. The van der Waals surface area contributed by atoms with Crippen LogP contribution in [0.1, 0.15) is 25.3 Å². The maximum atomic E-state index is 11.9. The first-order valence-corrected chi connectivity index (χ1v) is 8.28. The number of esters is 1. The van der Waals surface area contributed by atoms with Crippen molar-refractivity contribution in [2.24, 2.45) is 0 Å². The number of ether oxygens (including phenoxy) is 1. The molecule has 0 amide bonds. The molecule has 1 aromatic carbocycles. The lowest BCUT2D eigenvalue weighted by atomic mass is 10.1. The highest BCUT2D eigenvalue weighted by Gasteiger charge is 2.19. The van der Waals surface area contributed by atoms with E-state index in [2.05, 4.69) is 42.1 Å². The number of nitrogens with zero attached hydrogens (tertiary/aromatic N) is 1. The van der Waals surface area contributed by atoms with E-state index >= 15 is 0 Å². The van der Waals surface area contributed by atoms with Gasteiger partial charge >= 0.3 is 5.97 Å². The Hall–Kier alpha value is -1.47. The highest BCUT2D eigenvalue weighted by Crippen LogP contribution is 2.41. The molecule has 116 valence electrons. The van der Waals surface area contributed by atoms with E-state index in [1.807, 2.05) is 19.9 Å². The predicted octanol–water partition coefficient (Wildman–Crippen LogP) is 3.98. The molecule has 0 bridgehead atoms. The SMILES string of the molecule is CCCC(=O)Oc1c(-c2ccc(=O)[nH]n2)cc(Br)c(C)c1Br. The Morgan fingerprint density at radius 2 is 2.09 bits per heavy atom. The van der Waals surface area contributed by atoms with Crippen molar-refractivity contribution >= 4 is 37.8 Å². The van der Waals surface area contributed by atoms with Gasteiger partial charge in [-0.3, -0.25) is 9.59 Å². The first kappa shape index (κ1) is 16.9. The molecule has 0 atom stereocenters. The maximum absolute atomic E-state index is 11.9. The predicted molar refractivity (Wildman–Crippen MR) is 91.0 cm³/mol. The third kappa shape index (κ3) is 3.64. The lowest BCUT2D eigenvalue weighted by molar-refractivity contribution is -0.134. The minimum absolute atomic E-state index is 0.293. The van der Waals surface area contributed by atoms with E-state index in [0.717, 1.165) is 10.0 Å². The van der Waals surface area contributed by atoms with Crippen molar-refractivity contribution in [1.82, 2.24) is 10.2 Å². The minimum Gasteiger partial charge on any atom is -0.425 e. The van der Waals surface area contributed by atoms with Crippen LogP contribution in [0.4, 0.5) is 0 Å². The second-order valence-electron chi connectivity index (χ2n) is 4.70. The van der Waals surface area contributed by atoms with Crippen molar-refractivity contribution < 1.29 is 9.53 Å². The van der Waals surface area contributed by atoms with Gasteiger partial charge in [0.25, 0.3) is 5.56 Å². The van der Waals surface area contributed by atoms with Crippen LogP contribution in [0.25, 0.3) is 11.3 Å². The molecule has 0 spiro atoms. The molecule has 0 unspecified atom stereocenters. The van der Waals surface area contributed by atoms with Crippen LogP contribution in [0.5, 0.6) is 5.75 Å². The fourth-order valence-corrected chi connectivity index (χ4v) is 3.05. The standard InChI is InChI=1S/C15H14Br2N2O3/c1-3-4-13(21)22-15-9(7-10(16)8(2)14(15)17)11-5-6-12(20)19-18-11/h5-7H,3-4H2,1-2H3,(H,19,20). The molecule has 1 heterocycles. The zero-order valence-corrected chi connectivity index (χ0v) is 15.2. The van der Waals surface area contributed by atoms with Crippen molar-refractivity contribution in [3.8, 4) is 17.0 Å². The summed E-state index contributed by atoms with van der Waals surface area (Å²) in [6, 6.07) is 4.77. The van der Waals surface area contributed by atoms with Crippen molar-refractivity contribution in [2.45, 2.75) is 26.7 Å². The van der Waals surface area contributed by atoms with E-state index in [0.29, 0.717) is 34.3 Å². The van der Waals surface area contributed by atoms with Crippen LogP contribution < -0.4 is 10.3 Å². The summed E-state index contributed by atoms with van der Waals surface area (Å²) in [5, 5.41) is 6.38. The van der Waals surface area contributed by atoms with Gasteiger partial charge in [-0.1, -0.05) is 22.9 Å². The number of rotatable bonds is 4. The third-order valence-corrected chi connectivity index (χ3v) is 4.81. The quantitative estimate of drug-likeness (QED) is 0.589. The van der Waals surface area contributed by atoms with Crippen molar-refractivity contribution in [3.05, 3.63) is 43.1 Å². The molecular formula is C15H14Br2N2O3. The van der Waals surface area contributed by atoms with Gasteiger partial charge in [0.15, 0.2) is 5.75 Å². The molecule has 0 aliphatic carbocycles. The van der Waals surface area contributed by atoms with Gasteiger partial charge in [-0.05, 0) is 47.0 Å². The Kier molecular flexibility index (Phi) is 5.52. The van der Waals surface area contributed by atoms with Crippen LogP contribution in [-0.4, -0.2) is 16.2 Å². The number of carbonyl (C=O) groups is 1. The molecule has 0 aliphatic heterocycles. The summed E-state index contributed by atoms with van der Waals surface area (Å²) in [6.07, 6.45) is 1.04. The van der Waals surface area contributed by atoms with Gasteiger partial charge in [-0.2, -0.15) is 5.10 Å². The minimum atomic E-state index is -0.310. The van der Waals surface area contributed by atoms with Crippen LogP contribution in [-0.2, 0) is 4.79 Å². The molecule has 2 aromatic rings. The van der Waals surface area contributed by atoms with Crippen LogP contribution >= 0.6 is 31.9 Å². The Labute approximate surface area is 144 Å². The van der Waals surface area contributed by atoms with Crippen LogP contribution in [0.3, 0.4) is 0 Å². The molecule has 0 fully saturated rings. The summed E-state index contributed by atoms with van der Waals surface area (Å²) in [6.45, 7) is 3.81. The molecule has 1 N–H and O–H groups in total. The van der Waals surface area contributed by atoms with Gasteiger partial charge < -0.3 is 4.74 Å². The van der Waals surface area contributed by atoms with Crippen LogP contribution in [0.15, 0.2) is 31.9 Å². The monoisotopic (exact) mass is 428 g/mol. The number of benzene rings is 1. The number of hydrogen-bond donors (Lipinski definition) is 1. The van der Waals surface area contributed by atoms with Crippen molar-refractivity contribution in [1.29, 1.82) is 0 Å². The Balaban J connectivity index is 2.58. The summed E-state index contributed by atoms with van der Waals surface area (Å²) < 4.78 is 7.02. The lowest BCUT2D eigenvalue weighted by Gasteiger charge is -2.14. The molecule has 1 aromatic heterocycles. The van der Waals surface area contributed by atoms with E-state index in [1.165, 1.54) is 6.07 Å². The number of carbonyl (C=O) groups excluding carboxylic acids is 1. The third-order valence-electron chi connectivity index (χ3n) is 3.03. The Morgan fingerprint density at radius 3 is 2.68 bits per heavy atom. The average molecular weight is 430 g/mol. The number of aromatic amines is 1. The van der Waals surface area contributed by atoms with Crippen LogP contribution in [0.2, 0.25) is 0 Å². The number of H-pyrrole nitrogens is 1. The maximum Gasteiger partial charge on any atom is 0.311 e. The summed E-state index contributed by atoms with van der Waals surface area (Å²) in [5.41, 5.74) is 1.75. The van der Waals surface area contributed by atoms with Gasteiger partial charge in [0.05, 0.1) is 10.2 Å². The first-order chi connectivity index (χ1) is 10.4. The molecule has 2 rings (SSSR count). The zero-order valence-electron chi connectivity index (χ0n) is 12.1. The zero-order chi connectivity index (χ0) is 16.3. The molecular weight excluding hydrogens is 416 g/mol. The fourth-order valence-electron chi connectivity index (χ4n) is 1.85. The topological polar surface area (TPSA) is 72.1 Å². The summed E-state index contributed by atoms with van der Waals surface area (Å²) >= 11 is 6.94. The molecule has 0 saturated carbocycles. The first-order valence-electron chi connectivity index (χ1n) is 6.69. The van der Waals surface area contributed by atoms with E-state index in [-0.39, 0.29) is 11.5 Å². The molecule has 7 heteroatoms. The second-order valence-corrected chi connectivity index (χ2v) is 6.35. The lowest BCUT2D eigenvalue weighted by Crippen LogP contribution is -2.10. The molecule has 5 nitrogen and oxygen atoms in total. The Morgan fingerprint density at radius 1 is 1.36 bits per heavy atom. The van der Waals surface area contributed by atoms with Crippen LogP contribution in [0, 0.1) is 6.92 Å². The van der Waals surface area contributed by atoms with E-state index in [4.69, 9.17) is 4.74 Å². The van der Waals surface area contributed by atoms with E-state index in [1.54, 1.807) is 6.07 Å². The largest absolute Gasteiger partial charge is 0.425 e. The number of nitrogens with one attached hydrogen (secondary N) is 1. The van der Waals surface area contributed by atoms with Gasteiger partial charge in [0.2, 0.25) is 0 Å². The fraction of sp³-hybridized carbons (Fsp3) is 0.267. The van der Waals surface area contributed by atoms with Gasteiger partial charge in [-0.25, -0.2) is 5.10 Å². The summed E-state index contributed by atoms with van der Waals surface area (Å²) in [5.74, 6) is 0.0919. The number of halogens is 2. The second kappa shape index (κ2) is 7.19. The smallest absolute Gasteiger partial charge is 0.311 e. The highest BCUT2D eigenvalue weighted by atomic mass is 79.9. The summed E-state index contributed by atoms with van der Waals surface area (Å²) in [4.78, 5) is 23.0. The van der Waals surface area contributed by atoms with Gasteiger partial charge in [-0.15, -0.1) is 0 Å². The number of hydrogen-bond acceptors (Lipinski definition) is 4. The number of aromatic nitrogens is 2. The normalized spacial score (nSPS) is 10.5. The molecule has 0 aliphatic rings. The Bertz CT molecular complexity index is 752. The molecule has 0 saturated heterocycles.